The molecule has 2 amide bonds. The van der Waals surface area contributed by atoms with Crippen molar-refractivity contribution < 1.29 is 9.59 Å². The van der Waals surface area contributed by atoms with Crippen LogP contribution in [0.3, 0.4) is 0 Å². The zero-order chi connectivity index (χ0) is 19.7. The van der Waals surface area contributed by atoms with Gasteiger partial charge in [0.25, 0.3) is 5.91 Å². The lowest BCUT2D eigenvalue weighted by molar-refractivity contribution is -0.116. The Balaban J connectivity index is 1.34. The number of carbonyl (C=O) groups is 2. The number of rotatable bonds is 5. The maximum atomic E-state index is 12.4. The monoisotopic (exact) mass is 379 g/mol. The molecule has 0 saturated heterocycles. The molecule has 0 fully saturated rings. The van der Waals surface area contributed by atoms with Gasteiger partial charge in [0.2, 0.25) is 5.91 Å². The van der Waals surface area contributed by atoms with Crippen LogP contribution in [0.5, 0.6) is 0 Å². The molecule has 144 valence electrons. The minimum atomic E-state index is -0.185. The molecule has 0 spiro atoms. The van der Waals surface area contributed by atoms with Crippen molar-refractivity contribution >= 4 is 23.1 Å². The van der Waals surface area contributed by atoms with E-state index in [2.05, 4.69) is 10.4 Å². The van der Waals surface area contributed by atoms with E-state index in [1.165, 1.54) is 9.08 Å². The first-order valence-corrected chi connectivity index (χ1v) is 9.28. The highest BCUT2D eigenvalue weighted by Gasteiger charge is 2.23. The van der Waals surface area contributed by atoms with E-state index in [1.807, 2.05) is 18.2 Å². The second kappa shape index (κ2) is 7.30. The van der Waals surface area contributed by atoms with Gasteiger partial charge < -0.3 is 10.2 Å². The van der Waals surface area contributed by atoms with Gasteiger partial charge >= 0.3 is 5.69 Å². The van der Waals surface area contributed by atoms with Gasteiger partial charge in [-0.2, -0.15) is 0 Å². The quantitative estimate of drug-likeness (QED) is 0.675. The first-order valence-electron chi connectivity index (χ1n) is 9.28. The van der Waals surface area contributed by atoms with Crippen LogP contribution in [0.15, 0.2) is 47.4 Å². The molecule has 8 heteroatoms. The Morgan fingerprint density at radius 3 is 2.86 bits per heavy atom. The van der Waals surface area contributed by atoms with Crippen molar-refractivity contribution in [2.24, 2.45) is 0 Å². The number of benzene rings is 1. The molecule has 1 aliphatic heterocycles. The third kappa shape index (κ3) is 3.28. The van der Waals surface area contributed by atoms with Gasteiger partial charge in [-0.15, -0.1) is 5.10 Å². The molecule has 1 aliphatic rings. The summed E-state index contributed by atoms with van der Waals surface area (Å²) in [5, 5.41) is 7.15. The Hall–Kier alpha value is -3.42. The smallest absolute Gasteiger partial charge is 0.350 e. The maximum absolute atomic E-state index is 12.4. The van der Waals surface area contributed by atoms with Crippen molar-refractivity contribution in [3.05, 3.63) is 64.2 Å². The van der Waals surface area contributed by atoms with Gasteiger partial charge in [-0.3, -0.25) is 14.0 Å². The molecule has 3 aromatic rings. The maximum Gasteiger partial charge on any atom is 0.350 e. The molecule has 0 saturated carbocycles. The summed E-state index contributed by atoms with van der Waals surface area (Å²) in [6, 6.07) is 10.8. The average Bonchev–Trinajstić information content (AvgIpc) is 3.26. The number of hydrogen-bond acceptors (Lipinski definition) is 4. The van der Waals surface area contributed by atoms with Gasteiger partial charge in [-0.25, -0.2) is 9.48 Å². The Labute approximate surface area is 161 Å². The molecule has 0 bridgehead atoms. The van der Waals surface area contributed by atoms with Crippen LogP contribution in [0.1, 0.15) is 29.3 Å². The zero-order valence-electron chi connectivity index (χ0n) is 15.6. The highest BCUT2D eigenvalue weighted by molar-refractivity contribution is 5.97. The van der Waals surface area contributed by atoms with Crippen molar-refractivity contribution in [2.75, 3.05) is 18.0 Å². The third-order valence-electron chi connectivity index (χ3n) is 4.94. The molecule has 1 aromatic carbocycles. The van der Waals surface area contributed by atoms with E-state index in [0.717, 1.165) is 17.7 Å². The molecule has 8 nitrogen and oxygen atoms in total. The molecule has 1 N–H and O–H groups in total. The van der Waals surface area contributed by atoms with E-state index in [1.54, 1.807) is 36.2 Å². The summed E-state index contributed by atoms with van der Waals surface area (Å²) in [7, 11) is 0. The third-order valence-corrected chi connectivity index (χ3v) is 4.94. The molecule has 0 atom stereocenters. The minimum Gasteiger partial charge on any atom is -0.352 e. The number of nitrogens with one attached hydrogen (secondary N) is 1. The Morgan fingerprint density at radius 1 is 1.21 bits per heavy atom. The largest absolute Gasteiger partial charge is 0.352 e. The molecule has 0 unspecified atom stereocenters. The lowest BCUT2D eigenvalue weighted by Crippen LogP contribution is -2.27. The summed E-state index contributed by atoms with van der Waals surface area (Å²) < 4.78 is 2.90. The first kappa shape index (κ1) is 18.0. The normalized spacial score (nSPS) is 13.0. The number of carbonyl (C=O) groups excluding carboxylic acids is 2. The van der Waals surface area contributed by atoms with E-state index in [0.29, 0.717) is 37.3 Å². The summed E-state index contributed by atoms with van der Waals surface area (Å²) in [5.41, 5.74) is 2.90. The number of pyridine rings is 1. The Bertz CT molecular complexity index is 1110. The van der Waals surface area contributed by atoms with Crippen LogP contribution in [0, 0.1) is 0 Å². The molecule has 0 aliphatic carbocycles. The number of aromatic nitrogens is 3. The molecule has 4 rings (SSSR count). The lowest BCUT2D eigenvalue weighted by atomic mass is 10.1. The van der Waals surface area contributed by atoms with Gasteiger partial charge in [-0.1, -0.05) is 6.07 Å². The van der Waals surface area contributed by atoms with Crippen LogP contribution >= 0.6 is 0 Å². The second-order valence-corrected chi connectivity index (χ2v) is 6.81. The van der Waals surface area contributed by atoms with Crippen molar-refractivity contribution in [1.29, 1.82) is 0 Å². The van der Waals surface area contributed by atoms with Crippen molar-refractivity contribution in [3.8, 4) is 0 Å². The van der Waals surface area contributed by atoms with Crippen LogP contribution in [0.4, 0.5) is 5.69 Å². The van der Waals surface area contributed by atoms with Gasteiger partial charge in [0.1, 0.15) is 0 Å². The van der Waals surface area contributed by atoms with Gasteiger partial charge in [-0.05, 0) is 48.7 Å². The Kier molecular flexibility index (Phi) is 4.68. The average molecular weight is 379 g/mol. The predicted octanol–water partition coefficient (Wildman–Crippen LogP) is 1.23. The summed E-state index contributed by atoms with van der Waals surface area (Å²) in [4.78, 5) is 37.9. The fourth-order valence-corrected chi connectivity index (χ4v) is 3.52. The molecular formula is C20H21N5O3. The summed E-state index contributed by atoms with van der Waals surface area (Å²) in [6.07, 6.45) is 3.04. The summed E-state index contributed by atoms with van der Waals surface area (Å²) >= 11 is 0. The van der Waals surface area contributed by atoms with E-state index in [4.69, 9.17) is 0 Å². The van der Waals surface area contributed by atoms with Gasteiger partial charge in [0.15, 0.2) is 5.65 Å². The van der Waals surface area contributed by atoms with Crippen molar-refractivity contribution in [1.82, 2.24) is 19.5 Å². The van der Waals surface area contributed by atoms with Crippen LogP contribution < -0.4 is 15.9 Å². The molecule has 2 aromatic heterocycles. The van der Waals surface area contributed by atoms with Crippen LogP contribution in [0.2, 0.25) is 0 Å². The highest BCUT2D eigenvalue weighted by Crippen LogP contribution is 2.28. The topological polar surface area (TPSA) is 88.7 Å². The fraction of sp³-hybridized carbons (Fsp3) is 0.300. The number of anilines is 1. The number of hydrogen-bond donors (Lipinski definition) is 1. The molecule has 3 heterocycles. The number of fused-ring (bicyclic) bond motifs is 2. The summed E-state index contributed by atoms with van der Waals surface area (Å²) in [5.74, 6) is -0.149. The fourth-order valence-electron chi connectivity index (χ4n) is 3.52. The highest BCUT2D eigenvalue weighted by atomic mass is 16.2. The van der Waals surface area contributed by atoms with Crippen LogP contribution in [0.25, 0.3) is 5.65 Å². The Morgan fingerprint density at radius 2 is 2.07 bits per heavy atom. The number of amides is 2. The van der Waals surface area contributed by atoms with E-state index in [9.17, 15) is 14.4 Å². The second-order valence-electron chi connectivity index (χ2n) is 6.81. The van der Waals surface area contributed by atoms with E-state index < -0.39 is 0 Å². The van der Waals surface area contributed by atoms with Crippen LogP contribution in [-0.2, 0) is 17.8 Å². The molecule has 28 heavy (non-hydrogen) atoms. The summed E-state index contributed by atoms with van der Waals surface area (Å²) in [6.45, 7) is 3.07. The van der Waals surface area contributed by atoms with Crippen molar-refractivity contribution in [2.45, 2.75) is 26.3 Å². The number of aryl methyl sites for hydroxylation is 1. The lowest BCUT2D eigenvalue weighted by Gasteiger charge is -2.14. The van der Waals surface area contributed by atoms with E-state index in [-0.39, 0.29) is 17.5 Å². The van der Waals surface area contributed by atoms with Crippen molar-refractivity contribution in [3.63, 3.8) is 0 Å². The number of nitrogens with zero attached hydrogens (tertiary/aromatic N) is 4. The SMILES string of the molecule is CC(=O)N1CCc2cc(C(=O)NCCCn3nc4ccccn4c3=O)ccc21. The van der Waals surface area contributed by atoms with Gasteiger partial charge in [0, 0.05) is 44.0 Å². The molecular weight excluding hydrogens is 358 g/mol. The standard InChI is InChI=1S/C20H21N5O3/c1-14(26)23-12-8-15-13-16(6-7-17(15)23)19(27)21-9-4-11-25-20(28)24-10-3-2-5-18(24)22-25/h2-3,5-7,10,13H,4,8-9,11-12H2,1H3,(H,21,27). The van der Waals surface area contributed by atoms with Gasteiger partial charge in [0.05, 0.1) is 0 Å². The predicted molar refractivity (Wildman–Crippen MR) is 105 cm³/mol. The molecule has 0 radical (unpaired) electrons. The van der Waals surface area contributed by atoms with E-state index >= 15 is 0 Å². The zero-order valence-corrected chi connectivity index (χ0v) is 15.6. The van der Waals surface area contributed by atoms with Crippen LogP contribution in [-0.4, -0.2) is 39.1 Å². The first-order chi connectivity index (χ1) is 13.5. The minimum absolute atomic E-state index is 0.0122.